The van der Waals surface area contributed by atoms with Crippen LogP contribution in [-0.4, -0.2) is 16.7 Å². The van der Waals surface area contributed by atoms with Gasteiger partial charge in [-0.1, -0.05) is 35.9 Å². The summed E-state index contributed by atoms with van der Waals surface area (Å²) < 4.78 is 0. The second-order valence-corrected chi connectivity index (χ2v) is 6.15. The molecule has 6 heteroatoms. The van der Waals surface area contributed by atoms with Crippen molar-refractivity contribution in [3.05, 3.63) is 87.2 Å². The smallest absolute Gasteiger partial charge is 0.261 e. The summed E-state index contributed by atoms with van der Waals surface area (Å²) in [5, 5.41) is 3.23. The molecule has 3 rings (SSSR count). The van der Waals surface area contributed by atoms with Crippen LogP contribution in [0.1, 0.15) is 27.6 Å². The lowest BCUT2D eigenvalue weighted by atomic mass is 10.1. The van der Waals surface area contributed by atoms with Crippen LogP contribution in [0.15, 0.2) is 65.5 Å². The number of aromatic nitrogens is 1. The molecule has 26 heavy (non-hydrogen) atoms. The summed E-state index contributed by atoms with van der Waals surface area (Å²) in [7, 11) is 0. The van der Waals surface area contributed by atoms with Crippen molar-refractivity contribution in [3.63, 3.8) is 0 Å². The number of anilines is 1. The minimum atomic E-state index is -0.547. The van der Waals surface area contributed by atoms with E-state index in [-0.39, 0.29) is 11.3 Å². The first-order valence-corrected chi connectivity index (χ1v) is 8.23. The van der Waals surface area contributed by atoms with Crippen LogP contribution in [0.25, 0.3) is 11.3 Å². The highest BCUT2D eigenvalue weighted by atomic mass is 35.5. The Bertz CT molecular complexity index is 1040. The predicted octanol–water partition coefficient (Wildman–Crippen LogP) is 4.15. The number of pyridine rings is 1. The molecule has 3 aromatic rings. The monoisotopic (exact) mass is 366 g/mol. The van der Waals surface area contributed by atoms with Crippen LogP contribution in [-0.2, 0) is 0 Å². The van der Waals surface area contributed by atoms with Crippen molar-refractivity contribution in [3.8, 4) is 11.3 Å². The molecule has 0 atom stereocenters. The van der Waals surface area contributed by atoms with E-state index in [0.29, 0.717) is 22.0 Å². The van der Waals surface area contributed by atoms with Crippen molar-refractivity contribution in [2.45, 2.75) is 6.92 Å². The molecule has 0 fully saturated rings. The van der Waals surface area contributed by atoms with Crippen LogP contribution < -0.4 is 10.9 Å². The van der Waals surface area contributed by atoms with E-state index in [2.05, 4.69) is 10.3 Å². The average molecular weight is 367 g/mol. The van der Waals surface area contributed by atoms with Gasteiger partial charge in [0, 0.05) is 22.0 Å². The molecule has 5 nitrogen and oxygen atoms in total. The molecule has 130 valence electrons. The molecule has 0 unspecified atom stereocenters. The zero-order chi connectivity index (χ0) is 18.7. The Kier molecular flexibility index (Phi) is 5.00. The molecular weight excluding hydrogens is 352 g/mol. The molecule has 1 heterocycles. The van der Waals surface area contributed by atoms with E-state index in [1.54, 1.807) is 54.6 Å². The molecule has 0 radical (unpaired) electrons. The predicted molar refractivity (Wildman–Crippen MR) is 102 cm³/mol. The third-order valence-electron chi connectivity index (χ3n) is 3.84. The number of carbonyl (C=O) groups is 2. The Hall–Kier alpha value is -3.18. The molecule has 0 bridgehead atoms. The van der Waals surface area contributed by atoms with Gasteiger partial charge in [0.2, 0.25) is 0 Å². The second-order valence-electron chi connectivity index (χ2n) is 5.71. The third-order valence-corrected chi connectivity index (χ3v) is 4.09. The molecule has 0 saturated heterocycles. The zero-order valence-electron chi connectivity index (χ0n) is 13.9. The van der Waals surface area contributed by atoms with Gasteiger partial charge in [-0.25, -0.2) is 0 Å². The SMILES string of the molecule is CC(=O)c1cccc(NC(=O)c2ccc(-c3ccc(Cl)cc3)[nH]c2=O)c1. The highest BCUT2D eigenvalue weighted by molar-refractivity contribution is 6.30. The largest absolute Gasteiger partial charge is 0.322 e. The van der Waals surface area contributed by atoms with E-state index >= 15 is 0 Å². The molecule has 1 amide bonds. The molecule has 0 aliphatic rings. The van der Waals surface area contributed by atoms with Crippen molar-refractivity contribution < 1.29 is 9.59 Å². The second kappa shape index (κ2) is 7.37. The summed E-state index contributed by atoms with van der Waals surface area (Å²) in [5.74, 6) is -0.652. The third kappa shape index (κ3) is 3.90. The average Bonchev–Trinajstić information content (AvgIpc) is 2.62. The minimum absolute atomic E-state index is 0.0176. The number of rotatable bonds is 4. The number of Topliss-reactive ketones (excluding diaryl/α,β-unsaturated/α-hetero) is 1. The Morgan fingerprint density at radius 1 is 1.00 bits per heavy atom. The van der Waals surface area contributed by atoms with Crippen LogP contribution >= 0.6 is 11.6 Å². The molecule has 0 spiro atoms. The van der Waals surface area contributed by atoms with Gasteiger partial charge in [-0.3, -0.25) is 14.4 Å². The number of H-pyrrole nitrogens is 1. The summed E-state index contributed by atoms with van der Waals surface area (Å²) in [6, 6.07) is 16.7. The van der Waals surface area contributed by atoms with E-state index in [9.17, 15) is 14.4 Å². The topological polar surface area (TPSA) is 79.0 Å². The summed E-state index contributed by atoms with van der Waals surface area (Å²) in [6.45, 7) is 1.45. The van der Waals surface area contributed by atoms with Gasteiger partial charge in [-0.05, 0) is 48.9 Å². The van der Waals surface area contributed by atoms with Crippen LogP contribution in [0.4, 0.5) is 5.69 Å². The minimum Gasteiger partial charge on any atom is -0.322 e. The highest BCUT2D eigenvalue weighted by Crippen LogP contribution is 2.19. The quantitative estimate of drug-likeness (QED) is 0.681. The maximum absolute atomic E-state index is 12.4. The lowest BCUT2D eigenvalue weighted by Crippen LogP contribution is -2.23. The fourth-order valence-corrected chi connectivity index (χ4v) is 2.59. The number of nitrogens with one attached hydrogen (secondary N) is 2. The fourth-order valence-electron chi connectivity index (χ4n) is 2.46. The van der Waals surface area contributed by atoms with Gasteiger partial charge >= 0.3 is 0 Å². The summed E-state index contributed by atoms with van der Waals surface area (Å²) in [4.78, 5) is 38.8. The number of ketones is 1. The summed E-state index contributed by atoms with van der Waals surface area (Å²) in [6.07, 6.45) is 0. The van der Waals surface area contributed by atoms with E-state index in [4.69, 9.17) is 11.6 Å². The number of amides is 1. The zero-order valence-corrected chi connectivity index (χ0v) is 14.6. The lowest BCUT2D eigenvalue weighted by molar-refractivity contribution is 0.101. The van der Waals surface area contributed by atoms with Gasteiger partial charge < -0.3 is 10.3 Å². The van der Waals surface area contributed by atoms with Gasteiger partial charge in [-0.15, -0.1) is 0 Å². The van der Waals surface area contributed by atoms with Crippen molar-refractivity contribution in [2.24, 2.45) is 0 Å². The van der Waals surface area contributed by atoms with Crippen LogP contribution in [0, 0.1) is 0 Å². The van der Waals surface area contributed by atoms with Crippen molar-refractivity contribution in [2.75, 3.05) is 5.32 Å². The van der Waals surface area contributed by atoms with E-state index < -0.39 is 11.5 Å². The number of carbonyl (C=O) groups excluding carboxylic acids is 2. The number of hydrogen-bond donors (Lipinski definition) is 2. The molecule has 0 aliphatic heterocycles. The van der Waals surface area contributed by atoms with Crippen LogP contribution in [0.3, 0.4) is 0 Å². The van der Waals surface area contributed by atoms with Gasteiger partial charge in [0.05, 0.1) is 0 Å². The molecular formula is C20H15ClN2O3. The van der Waals surface area contributed by atoms with Crippen molar-refractivity contribution in [1.82, 2.24) is 4.98 Å². The van der Waals surface area contributed by atoms with Gasteiger partial charge in [-0.2, -0.15) is 0 Å². The normalized spacial score (nSPS) is 10.4. The molecule has 0 aliphatic carbocycles. The van der Waals surface area contributed by atoms with E-state index in [1.807, 2.05) is 0 Å². The van der Waals surface area contributed by atoms with Gasteiger partial charge in [0.1, 0.15) is 5.56 Å². The fraction of sp³-hybridized carbons (Fsp3) is 0.0500. The first-order valence-electron chi connectivity index (χ1n) is 7.85. The number of benzene rings is 2. The molecule has 2 N–H and O–H groups in total. The Morgan fingerprint density at radius 2 is 1.73 bits per heavy atom. The first kappa shape index (κ1) is 17.6. The van der Waals surface area contributed by atoms with Crippen LogP contribution in [0.5, 0.6) is 0 Å². The standard InChI is InChI=1S/C20H15ClN2O3/c1-12(24)14-3-2-4-16(11-14)22-19(25)17-9-10-18(23-20(17)26)13-5-7-15(21)8-6-13/h2-11H,1H3,(H,22,25)(H,23,26). The molecule has 1 aromatic heterocycles. The number of hydrogen-bond acceptors (Lipinski definition) is 3. The highest BCUT2D eigenvalue weighted by Gasteiger charge is 2.12. The van der Waals surface area contributed by atoms with Gasteiger partial charge in [0.25, 0.3) is 11.5 Å². The lowest BCUT2D eigenvalue weighted by Gasteiger charge is -2.07. The maximum Gasteiger partial charge on any atom is 0.261 e. The van der Waals surface area contributed by atoms with E-state index in [0.717, 1.165) is 5.56 Å². The Morgan fingerprint density at radius 3 is 2.38 bits per heavy atom. The van der Waals surface area contributed by atoms with E-state index in [1.165, 1.54) is 13.0 Å². The number of aromatic amines is 1. The Balaban J connectivity index is 1.84. The molecule has 2 aromatic carbocycles. The van der Waals surface area contributed by atoms with Crippen molar-refractivity contribution >= 4 is 29.0 Å². The summed E-state index contributed by atoms with van der Waals surface area (Å²) in [5.41, 5.74) is 1.78. The Labute approximate surface area is 154 Å². The first-order chi connectivity index (χ1) is 12.4. The van der Waals surface area contributed by atoms with Gasteiger partial charge in [0.15, 0.2) is 5.78 Å². The van der Waals surface area contributed by atoms with Crippen molar-refractivity contribution in [1.29, 1.82) is 0 Å². The number of halogens is 1. The maximum atomic E-state index is 12.4. The summed E-state index contributed by atoms with van der Waals surface area (Å²) >= 11 is 5.86. The van der Waals surface area contributed by atoms with Crippen LogP contribution in [0.2, 0.25) is 5.02 Å². The molecule has 0 saturated carbocycles.